The van der Waals surface area contributed by atoms with Crippen LogP contribution in [0.25, 0.3) is 0 Å². The molecule has 0 N–H and O–H groups in total. The first-order chi connectivity index (χ1) is 11.1. The summed E-state index contributed by atoms with van der Waals surface area (Å²) < 4.78 is 0. The molecule has 0 heteroatoms. The van der Waals surface area contributed by atoms with Crippen molar-refractivity contribution >= 4 is 0 Å². The predicted octanol–water partition coefficient (Wildman–Crippen LogP) is 8.03. The van der Waals surface area contributed by atoms with Crippen molar-refractivity contribution in [1.29, 1.82) is 0 Å². The summed E-state index contributed by atoms with van der Waals surface area (Å²) in [7, 11) is 0. The summed E-state index contributed by atoms with van der Waals surface area (Å²) in [5.74, 6) is 3.76. The zero-order valence-corrected chi connectivity index (χ0v) is 17.8. The largest absolute Gasteiger partial charge is 0.0847 e. The Morgan fingerprint density at radius 3 is 1.96 bits per heavy atom. The summed E-state index contributed by atoms with van der Waals surface area (Å²) in [5.41, 5.74) is 2.74. The van der Waals surface area contributed by atoms with Crippen LogP contribution in [0, 0.1) is 34.5 Å². The van der Waals surface area contributed by atoms with Gasteiger partial charge in [-0.25, -0.2) is 0 Å². The van der Waals surface area contributed by atoms with Crippen molar-refractivity contribution < 1.29 is 0 Å². The fourth-order valence-electron chi connectivity index (χ4n) is 5.54. The number of hydrogen-bond acceptors (Lipinski definition) is 0. The lowest BCUT2D eigenvalue weighted by Crippen LogP contribution is -2.30. The average Bonchev–Trinajstić information content (AvgIpc) is 2.51. The van der Waals surface area contributed by atoms with E-state index in [4.69, 9.17) is 0 Å². The van der Waals surface area contributed by atoms with Crippen LogP contribution in [-0.4, -0.2) is 0 Å². The van der Waals surface area contributed by atoms with Gasteiger partial charge in [-0.2, -0.15) is 0 Å². The molecule has 0 amide bonds. The third-order valence-electron chi connectivity index (χ3n) is 7.22. The molecular weight excluding hydrogens is 288 g/mol. The van der Waals surface area contributed by atoms with Gasteiger partial charge in [-0.3, -0.25) is 0 Å². The molecule has 2 unspecified atom stereocenters. The summed E-state index contributed by atoms with van der Waals surface area (Å²) in [4.78, 5) is 0. The van der Waals surface area contributed by atoms with Crippen molar-refractivity contribution in [3.05, 3.63) is 11.6 Å². The average molecular weight is 333 g/mol. The molecule has 0 aliphatic heterocycles. The Balaban J connectivity index is 1.91. The van der Waals surface area contributed by atoms with Crippen LogP contribution in [0.3, 0.4) is 0 Å². The molecule has 0 radical (unpaired) electrons. The third kappa shape index (κ3) is 5.12. The van der Waals surface area contributed by atoms with Crippen molar-refractivity contribution in [2.24, 2.45) is 34.5 Å². The maximum absolute atomic E-state index is 2.68. The highest BCUT2D eigenvalue weighted by Crippen LogP contribution is 2.46. The Labute approximate surface area is 152 Å². The van der Waals surface area contributed by atoms with E-state index >= 15 is 0 Å². The van der Waals surface area contributed by atoms with E-state index in [1.54, 1.807) is 5.57 Å². The lowest BCUT2D eigenvalue weighted by atomic mass is 9.64. The lowest BCUT2D eigenvalue weighted by molar-refractivity contribution is 0.118. The topological polar surface area (TPSA) is 0 Å². The van der Waals surface area contributed by atoms with Gasteiger partial charge in [0.2, 0.25) is 0 Å². The summed E-state index contributed by atoms with van der Waals surface area (Å²) in [5, 5.41) is 0. The van der Waals surface area contributed by atoms with Gasteiger partial charge in [-0.1, -0.05) is 66.5 Å². The predicted molar refractivity (Wildman–Crippen MR) is 108 cm³/mol. The van der Waals surface area contributed by atoms with Crippen LogP contribution in [0.2, 0.25) is 0 Å². The molecule has 2 aliphatic rings. The standard InChI is InChI=1S/C24H44/c1-8-9-22(24(5,6)7)20-12-10-18(11-13-20)19-14-16-21(17-15-19)23(2,3)4/h12,18-19,21-22H,8-11,13-17H2,1-7H3. The molecule has 2 atom stereocenters. The van der Waals surface area contributed by atoms with Gasteiger partial charge in [0.05, 0.1) is 0 Å². The van der Waals surface area contributed by atoms with Crippen LogP contribution < -0.4 is 0 Å². The van der Waals surface area contributed by atoms with Crippen LogP contribution in [0.1, 0.15) is 106 Å². The third-order valence-corrected chi connectivity index (χ3v) is 7.22. The molecule has 24 heavy (non-hydrogen) atoms. The van der Waals surface area contributed by atoms with E-state index in [1.165, 1.54) is 57.8 Å². The molecule has 1 fully saturated rings. The molecule has 2 rings (SSSR count). The van der Waals surface area contributed by atoms with Crippen LogP contribution in [0.5, 0.6) is 0 Å². The van der Waals surface area contributed by atoms with Crippen LogP contribution >= 0.6 is 0 Å². The SMILES string of the molecule is CCCC(C1=CCC(C2CCC(C(C)(C)C)CC2)CC1)C(C)(C)C. The summed E-state index contributed by atoms with van der Waals surface area (Å²) in [6.45, 7) is 17.0. The zero-order valence-electron chi connectivity index (χ0n) is 17.8. The maximum atomic E-state index is 2.68. The Morgan fingerprint density at radius 1 is 0.917 bits per heavy atom. The van der Waals surface area contributed by atoms with Gasteiger partial charge < -0.3 is 0 Å². The minimum Gasteiger partial charge on any atom is -0.0847 e. The molecule has 0 saturated heterocycles. The highest BCUT2D eigenvalue weighted by atomic mass is 14.4. The molecule has 0 aromatic rings. The summed E-state index contributed by atoms with van der Waals surface area (Å²) in [6.07, 6.45) is 15.5. The van der Waals surface area contributed by atoms with E-state index in [2.05, 4.69) is 54.5 Å². The molecule has 0 bridgehead atoms. The summed E-state index contributed by atoms with van der Waals surface area (Å²) in [6, 6.07) is 0. The highest BCUT2D eigenvalue weighted by Gasteiger charge is 2.35. The fourth-order valence-corrected chi connectivity index (χ4v) is 5.54. The Morgan fingerprint density at radius 2 is 1.54 bits per heavy atom. The van der Waals surface area contributed by atoms with Gasteiger partial charge in [0.15, 0.2) is 0 Å². The smallest absolute Gasteiger partial charge is 0.0155 e. The second-order valence-electron chi connectivity index (χ2n) is 11.0. The second-order valence-corrected chi connectivity index (χ2v) is 11.0. The van der Waals surface area contributed by atoms with Gasteiger partial charge >= 0.3 is 0 Å². The van der Waals surface area contributed by atoms with Gasteiger partial charge in [0.1, 0.15) is 0 Å². The first kappa shape index (κ1) is 20.1. The van der Waals surface area contributed by atoms with Gasteiger partial charge in [-0.05, 0) is 85.9 Å². The van der Waals surface area contributed by atoms with Crippen LogP contribution in [0.4, 0.5) is 0 Å². The first-order valence-corrected chi connectivity index (χ1v) is 10.8. The maximum Gasteiger partial charge on any atom is -0.0155 e. The molecule has 140 valence electrons. The lowest BCUT2D eigenvalue weighted by Gasteiger charge is -2.41. The molecule has 0 heterocycles. The minimum absolute atomic E-state index is 0.430. The zero-order chi connectivity index (χ0) is 18.0. The molecule has 0 aromatic heterocycles. The minimum atomic E-state index is 0.430. The van der Waals surface area contributed by atoms with Crippen LogP contribution in [-0.2, 0) is 0 Å². The van der Waals surface area contributed by atoms with Crippen molar-refractivity contribution in [2.75, 3.05) is 0 Å². The first-order valence-electron chi connectivity index (χ1n) is 10.8. The van der Waals surface area contributed by atoms with Gasteiger partial charge in [0.25, 0.3) is 0 Å². The normalized spacial score (nSPS) is 30.8. The van der Waals surface area contributed by atoms with E-state index in [-0.39, 0.29) is 0 Å². The second kappa shape index (κ2) is 7.96. The quantitative estimate of drug-likeness (QED) is 0.457. The Hall–Kier alpha value is -0.260. The molecule has 2 aliphatic carbocycles. The van der Waals surface area contributed by atoms with Gasteiger partial charge in [0, 0.05) is 0 Å². The van der Waals surface area contributed by atoms with E-state index in [1.807, 2.05) is 0 Å². The van der Waals surface area contributed by atoms with Crippen molar-refractivity contribution in [2.45, 2.75) is 106 Å². The number of allylic oxidation sites excluding steroid dienone is 2. The number of rotatable bonds is 4. The molecule has 0 aromatic carbocycles. The summed E-state index contributed by atoms with van der Waals surface area (Å²) >= 11 is 0. The highest BCUT2D eigenvalue weighted by molar-refractivity contribution is 5.13. The van der Waals surface area contributed by atoms with Crippen molar-refractivity contribution in [3.63, 3.8) is 0 Å². The Kier molecular flexibility index (Phi) is 6.65. The van der Waals surface area contributed by atoms with Gasteiger partial charge in [-0.15, -0.1) is 0 Å². The fraction of sp³-hybridized carbons (Fsp3) is 0.917. The Bertz CT molecular complexity index is 406. The van der Waals surface area contributed by atoms with E-state index in [9.17, 15) is 0 Å². The molecule has 1 saturated carbocycles. The monoisotopic (exact) mass is 332 g/mol. The molecule has 0 nitrogen and oxygen atoms in total. The number of hydrogen-bond donors (Lipinski definition) is 0. The van der Waals surface area contributed by atoms with E-state index < -0.39 is 0 Å². The van der Waals surface area contributed by atoms with E-state index in [0.717, 1.165) is 23.7 Å². The van der Waals surface area contributed by atoms with Crippen molar-refractivity contribution in [3.8, 4) is 0 Å². The van der Waals surface area contributed by atoms with E-state index in [0.29, 0.717) is 10.8 Å². The molecule has 0 spiro atoms. The van der Waals surface area contributed by atoms with Crippen molar-refractivity contribution in [1.82, 2.24) is 0 Å². The molecular formula is C24H44. The van der Waals surface area contributed by atoms with Crippen LogP contribution in [0.15, 0.2) is 11.6 Å².